The van der Waals surface area contributed by atoms with Gasteiger partial charge in [-0.05, 0) is 24.3 Å². The third-order valence-corrected chi connectivity index (χ3v) is 2.87. The summed E-state index contributed by atoms with van der Waals surface area (Å²) in [5, 5.41) is 2.85. The van der Waals surface area contributed by atoms with E-state index in [0.717, 1.165) is 0 Å². The molecule has 0 saturated carbocycles. The molecule has 5 nitrogen and oxygen atoms in total. The number of benzene rings is 1. The number of pyridine rings is 1. The van der Waals surface area contributed by atoms with Gasteiger partial charge in [-0.1, -0.05) is 11.6 Å². The molecule has 20 heavy (non-hydrogen) atoms. The number of nitrogens with one attached hydrogen (secondary N) is 1. The Morgan fingerprint density at radius 2 is 2.20 bits per heavy atom. The van der Waals surface area contributed by atoms with Crippen molar-refractivity contribution in [2.75, 3.05) is 18.2 Å². The fourth-order valence-corrected chi connectivity index (χ4v) is 1.84. The highest BCUT2D eigenvalue weighted by molar-refractivity contribution is 6.32. The normalized spacial score (nSPS) is 10.2. The van der Waals surface area contributed by atoms with Gasteiger partial charge in [0.15, 0.2) is 11.6 Å². The molecule has 7 heteroatoms. The van der Waals surface area contributed by atoms with Gasteiger partial charge < -0.3 is 15.8 Å². The Morgan fingerprint density at radius 3 is 2.85 bits per heavy atom. The zero-order valence-corrected chi connectivity index (χ0v) is 11.2. The van der Waals surface area contributed by atoms with Gasteiger partial charge in [-0.3, -0.25) is 4.79 Å². The number of carbonyl (C=O) groups excluding carboxylic acids is 1. The Bertz CT molecular complexity index is 664. The lowest BCUT2D eigenvalue weighted by atomic mass is 10.2. The molecule has 104 valence electrons. The molecular weight excluding hydrogens is 285 g/mol. The van der Waals surface area contributed by atoms with E-state index < -0.39 is 11.7 Å². The van der Waals surface area contributed by atoms with Gasteiger partial charge in [-0.2, -0.15) is 0 Å². The van der Waals surface area contributed by atoms with Crippen molar-refractivity contribution in [2.45, 2.75) is 0 Å². The standard InChI is InChI=1S/C13H11ClFN3O2/c1-20-10-3-2-7(6-9(10)14)18-13(19)8-4-5-17-12(16)11(8)15/h2-6H,1H3,(H2,16,17)(H,18,19). The number of carbonyl (C=O) groups is 1. The lowest BCUT2D eigenvalue weighted by molar-refractivity contribution is 0.102. The second-order valence-electron chi connectivity index (χ2n) is 3.86. The van der Waals surface area contributed by atoms with Crippen molar-refractivity contribution in [1.29, 1.82) is 0 Å². The summed E-state index contributed by atoms with van der Waals surface area (Å²) in [6.45, 7) is 0. The minimum Gasteiger partial charge on any atom is -0.495 e. The van der Waals surface area contributed by atoms with E-state index in [-0.39, 0.29) is 11.4 Å². The zero-order valence-electron chi connectivity index (χ0n) is 10.5. The van der Waals surface area contributed by atoms with Crippen molar-refractivity contribution in [3.63, 3.8) is 0 Å². The fraction of sp³-hybridized carbons (Fsp3) is 0.0769. The molecule has 0 aliphatic heterocycles. The molecule has 2 aromatic rings. The Balaban J connectivity index is 2.24. The van der Waals surface area contributed by atoms with Gasteiger partial charge in [0.2, 0.25) is 0 Å². The number of anilines is 2. The second kappa shape index (κ2) is 5.75. The van der Waals surface area contributed by atoms with Crippen LogP contribution < -0.4 is 15.8 Å². The molecule has 1 aromatic heterocycles. The number of amides is 1. The van der Waals surface area contributed by atoms with Crippen LogP contribution in [0.3, 0.4) is 0 Å². The molecule has 2 rings (SSSR count). The predicted octanol–water partition coefficient (Wildman–Crippen LogP) is 2.72. The van der Waals surface area contributed by atoms with Crippen molar-refractivity contribution < 1.29 is 13.9 Å². The van der Waals surface area contributed by atoms with Crippen LogP contribution in [0.25, 0.3) is 0 Å². The third kappa shape index (κ3) is 2.80. The maximum absolute atomic E-state index is 13.7. The topological polar surface area (TPSA) is 77.2 Å². The van der Waals surface area contributed by atoms with E-state index in [1.54, 1.807) is 12.1 Å². The number of nitrogens with two attached hydrogens (primary N) is 1. The van der Waals surface area contributed by atoms with Gasteiger partial charge in [-0.25, -0.2) is 9.37 Å². The van der Waals surface area contributed by atoms with E-state index in [4.69, 9.17) is 22.1 Å². The summed E-state index contributed by atoms with van der Waals surface area (Å²) in [6, 6.07) is 5.92. The van der Waals surface area contributed by atoms with Crippen molar-refractivity contribution in [2.24, 2.45) is 0 Å². The minimum absolute atomic E-state index is 0.190. The van der Waals surface area contributed by atoms with Crippen LogP contribution in [0.1, 0.15) is 10.4 Å². The fourth-order valence-electron chi connectivity index (χ4n) is 1.58. The number of halogens is 2. The van der Waals surface area contributed by atoms with Gasteiger partial charge in [-0.15, -0.1) is 0 Å². The first-order valence-electron chi connectivity index (χ1n) is 5.57. The number of methoxy groups -OCH3 is 1. The molecule has 1 aromatic carbocycles. The third-order valence-electron chi connectivity index (χ3n) is 2.57. The molecule has 0 spiro atoms. The average molecular weight is 296 g/mol. The van der Waals surface area contributed by atoms with Gasteiger partial charge in [0.25, 0.3) is 5.91 Å². The summed E-state index contributed by atoms with van der Waals surface area (Å²) >= 11 is 5.94. The monoisotopic (exact) mass is 295 g/mol. The van der Waals surface area contributed by atoms with Gasteiger partial charge in [0, 0.05) is 11.9 Å². The van der Waals surface area contributed by atoms with Crippen LogP contribution >= 0.6 is 11.6 Å². The Morgan fingerprint density at radius 1 is 1.45 bits per heavy atom. The highest BCUT2D eigenvalue weighted by Crippen LogP contribution is 2.27. The first-order valence-corrected chi connectivity index (χ1v) is 5.95. The molecule has 1 heterocycles. The van der Waals surface area contributed by atoms with Crippen molar-refractivity contribution in [3.8, 4) is 5.75 Å². The Kier molecular flexibility index (Phi) is 4.05. The van der Waals surface area contributed by atoms with Gasteiger partial charge >= 0.3 is 0 Å². The van der Waals surface area contributed by atoms with E-state index >= 15 is 0 Å². The van der Waals surface area contributed by atoms with Crippen molar-refractivity contribution >= 4 is 29.0 Å². The minimum atomic E-state index is -0.857. The number of hydrogen-bond donors (Lipinski definition) is 2. The van der Waals surface area contributed by atoms with Crippen molar-refractivity contribution in [3.05, 3.63) is 46.9 Å². The molecule has 0 bridgehead atoms. The summed E-state index contributed by atoms with van der Waals surface area (Å²) in [7, 11) is 1.48. The number of nitrogen functional groups attached to an aromatic ring is 1. The molecule has 1 amide bonds. The maximum atomic E-state index is 13.7. The molecule has 0 saturated heterocycles. The second-order valence-corrected chi connectivity index (χ2v) is 4.27. The quantitative estimate of drug-likeness (QED) is 0.912. The summed E-state index contributed by atoms with van der Waals surface area (Å²) in [6.07, 6.45) is 1.26. The average Bonchev–Trinajstić information content (AvgIpc) is 2.42. The molecule has 0 unspecified atom stereocenters. The van der Waals surface area contributed by atoms with E-state index in [9.17, 15) is 9.18 Å². The highest BCUT2D eigenvalue weighted by atomic mass is 35.5. The smallest absolute Gasteiger partial charge is 0.258 e. The number of ether oxygens (including phenoxy) is 1. The van der Waals surface area contributed by atoms with E-state index in [1.165, 1.54) is 25.4 Å². The summed E-state index contributed by atoms with van der Waals surface area (Å²) in [5.74, 6) is -1.35. The molecular formula is C13H11ClFN3O2. The molecule has 3 N–H and O–H groups in total. The molecule has 0 aliphatic carbocycles. The lowest BCUT2D eigenvalue weighted by Gasteiger charge is -2.09. The SMILES string of the molecule is COc1ccc(NC(=O)c2ccnc(N)c2F)cc1Cl. The number of rotatable bonds is 3. The maximum Gasteiger partial charge on any atom is 0.258 e. The van der Waals surface area contributed by atoms with Crippen LogP contribution in [0.15, 0.2) is 30.5 Å². The van der Waals surface area contributed by atoms with Crippen molar-refractivity contribution in [1.82, 2.24) is 4.98 Å². The summed E-state index contributed by atoms with van der Waals surface area (Å²) in [5.41, 5.74) is 5.53. The molecule has 0 radical (unpaired) electrons. The number of aromatic nitrogens is 1. The van der Waals surface area contributed by atoms with Crippen LogP contribution in [0.2, 0.25) is 5.02 Å². The highest BCUT2D eigenvalue weighted by Gasteiger charge is 2.15. The van der Waals surface area contributed by atoms with Crippen LogP contribution in [0, 0.1) is 5.82 Å². The van der Waals surface area contributed by atoms with E-state index in [1.807, 2.05) is 0 Å². The van der Waals surface area contributed by atoms with E-state index in [2.05, 4.69) is 10.3 Å². The van der Waals surface area contributed by atoms with E-state index in [0.29, 0.717) is 16.5 Å². The van der Waals surface area contributed by atoms with Crippen LogP contribution in [0.5, 0.6) is 5.75 Å². The lowest BCUT2D eigenvalue weighted by Crippen LogP contribution is -2.15. The Hall–Kier alpha value is -2.34. The molecule has 0 aliphatic rings. The number of hydrogen-bond acceptors (Lipinski definition) is 4. The zero-order chi connectivity index (χ0) is 14.7. The van der Waals surface area contributed by atoms with Crippen LogP contribution in [0.4, 0.5) is 15.9 Å². The first-order chi connectivity index (χ1) is 9.52. The molecule has 0 fully saturated rings. The molecule has 0 atom stereocenters. The summed E-state index contributed by atoms with van der Waals surface area (Å²) < 4.78 is 18.7. The first kappa shape index (κ1) is 14.1. The van der Waals surface area contributed by atoms with Gasteiger partial charge in [0.1, 0.15) is 5.75 Å². The number of nitrogens with zero attached hydrogens (tertiary/aromatic N) is 1. The van der Waals surface area contributed by atoms with Crippen LogP contribution in [-0.2, 0) is 0 Å². The Labute approximate surface area is 119 Å². The van der Waals surface area contributed by atoms with Crippen LogP contribution in [-0.4, -0.2) is 18.0 Å². The predicted molar refractivity (Wildman–Crippen MR) is 74.6 cm³/mol. The van der Waals surface area contributed by atoms with Gasteiger partial charge in [0.05, 0.1) is 17.7 Å². The largest absolute Gasteiger partial charge is 0.495 e. The summed E-state index contributed by atoms with van der Waals surface area (Å²) in [4.78, 5) is 15.5.